The smallest absolute Gasteiger partial charge is 0.194 e. The number of halogens is 1. The van der Waals surface area contributed by atoms with Crippen molar-refractivity contribution in [3.05, 3.63) is 29.0 Å². The second-order valence-corrected chi connectivity index (χ2v) is 3.95. The van der Waals surface area contributed by atoms with Gasteiger partial charge in [0.2, 0.25) is 0 Å². The summed E-state index contributed by atoms with van der Waals surface area (Å²) in [4.78, 5) is 11.2. The zero-order chi connectivity index (χ0) is 12.4. The molecule has 0 atom stereocenters. The van der Waals surface area contributed by atoms with Gasteiger partial charge in [-0.25, -0.2) is 0 Å². The maximum atomic E-state index is 11.2. The minimum absolute atomic E-state index is 0.103. The molecule has 0 aliphatic heterocycles. The summed E-state index contributed by atoms with van der Waals surface area (Å²) in [5, 5.41) is 1.22. The largest absolute Gasteiger partial charge is 0.466 e. The quantitative estimate of drug-likeness (QED) is 0.621. The van der Waals surface area contributed by atoms with Crippen molar-refractivity contribution < 1.29 is 18.7 Å². The van der Waals surface area contributed by atoms with Crippen LogP contribution in [0.3, 0.4) is 0 Å². The van der Waals surface area contributed by atoms with Gasteiger partial charge in [-0.1, -0.05) is 11.6 Å². The third-order valence-corrected chi connectivity index (χ3v) is 2.55. The Morgan fingerprint density at radius 1 is 1.41 bits per heavy atom. The number of fused-ring (bicyclic) bond motifs is 1. The van der Waals surface area contributed by atoms with Crippen molar-refractivity contribution in [2.75, 3.05) is 13.9 Å². The third kappa shape index (κ3) is 2.43. The lowest BCUT2D eigenvalue weighted by Crippen LogP contribution is -1.98. The van der Waals surface area contributed by atoms with E-state index in [9.17, 15) is 4.79 Å². The fourth-order valence-corrected chi connectivity index (χ4v) is 1.67. The molecule has 0 spiro atoms. The molecular formula is C12H11ClO4. The van der Waals surface area contributed by atoms with Gasteiger partial charge in [0.15, 0.2) is 18.3 Å². The normalized spacial score (nSPS) is 10.8. The lowest BCUT2D eigenvalue weighted by molar-refractivity contribution is 0.0512. The van der Waals surface area contributed by atoms with Crippen LogP contribution in [0, 0.1) is 0 Å². The number of furan rings is 1. The molecule has 2 rings (SSSR count). The fourth-order valence-electron chi connectivity index (χ4n) is 1.45. The van der Waals surface area contributed by atoms with Gasteiger partial charge in [0.25, 0.3) is 0 Å². The number of benzene rings is 1. The van der Waals surface area contributed by atoms with Crippen molar-refractivity contribution in [1.29, 1.82) is 0 Å². The summed E-state index contributed by atoms with van der Waals surface area (Å²) in [7, 11) is 1.52. The Balaban J connectivity index is 2.44. The van der Waals surface area contributed by atoms with Crippen LogP contribution < -0.4 is 4.74 Å². The number of ether oxygens (including phenoxy) is 2. The van der Waals surface area contributed by atoms with Gasteiger partial charge in [-0.3, -0.25) is 4.79 Å². The molecule has 0 radical (unpaired) electrons. The number of carbonyl (C=O) groups is 1. The summed E-state index contributed by atoms with van der Waals surface area (Å²) in [5.41, 5.74) is 0.561. The molecule has 1 heterocycles. The Kier molecular flexibility index (Phi) is 3.36. The van der Waals surface area contributed by atoms with E-state index in [1.54, 1.807) is 18.2 Å². The summed E-state index contributed by atoms with van der Waals surface area (Å²) in [6, 6.07) is 4.99. The molecule has 0 unspecified atom stereocenters. The van der Waals surface area contributed by atoms with Crippen molar-refractivity contribution in [2.24, 2.45) is 0 Å². The first kappa shape index (κ1) is 12.0. The average Bonchev–Trinajstić information content (AvgIpc) is 2.68. The van der Waals surface area contributed by atoms with Crippen molar-refractivity contribution in [1.82, 2.24) is 0 Å². The number of Topliss-reactive ketones (excluding diaryl/α,β-unsaturated/α-hetero) is 1. The maximum Gasteiger partial charge on any atom is 0.194 e. The molecule has 4 nitrogen and oxygen atoms in total. The molecule has 0 saturated heterocycles. The minimum atomic E-state index is -0.128. The first-order valence-corrected chi connectivity index (χ1v) is 5.35. The number of methoxy groups -OCH3 is 1. The van der Waals surface area contributed by atoms with Gasteiger partial charge in [-0.2, -0.15) is 0 Å². The average molecular weight is 255 g/mol. The van der Waals surface area contributed by atoms with Crippen molar-refractivity contribution in [3.8, 4) is 5.75 Å². The van der Waals surface area contributed by atoms with E-state index in [-0.39, 0.29) is 12.6 Å². The van der Waals surface area contributed by atoms with E-state index in [4.69, 9.17) is 25.5 Å². The molecule has 0 N–H and O–H groups in total. The molecule has 2 aromatic rings. The molecule has 0 aliphatic rings. The van der Waals surface area contributed by atoms with Gasteiger partial charge in [0.1, 0.15) is 11.3 Å². The lowest BCUT2D eigenvalue weighted by Gasteiger charge is -2.05. The van der Waals surface area contributed by atoms with Crippen LogP contribution in [0.15, 0.2) is 22.6 Å². The predicted molar refractivity (Wildman–Crippen MR) is 63.7 cm³/mol. The second-order valence-electron chi connectivity index (χ2n) is 3.54. The highest BCUT2D eigenvalue weighted by molar-refractivity contribution is 6.32. The molecule has 5 heteroatoms. The van der Waals surface area contributed by atoms with Crippen LogP contribution in [-0.4, -0.2) is 19.7 Å². The van der Waals surface area contributed by atoms with Gasteiger partial charge in [0.05, 0.1) is 5.02 Å². The molecule has 1 aromatic heterocycles. The molecule has 0 fully saturated rings. The summed E-state index contributed by atoms with van der Waals surface area (Å²) in [5.74, 6) is 0.641. The van der Waals surface area contributed by atoms with Crippen LogP contribution in [0.5, 0.6) is 5.75 Å². The van der Waals surface area contributed by atoms with Crippen molar-refractivity contribution in [3.63, 3.8) is 0 Å². The molecule has 17 heavy (non-hydrogen) atoms. The monoisotopic (exact) mass is 254 g/mol. The van der Waals surface area contributed by atoms with E-state index in [1.807, 2.05) is 0 Å². The Bertz CT molecular complexity index is 559. The van der Waals surface area contributed by atoms with Crippen LogP contribution in [0.2, 0.25) is 5.02 Å². The summed E-state index contributed by atoms with van der Waals surface area (Å²) >= 11 is 6.02. The number of carbonyl (C=O) groups excluding carboxylic acids is 1. The van der Waals surface area contributed by atoms with E-state index in [0.717, 1.165) is 5.39 Å². The summed E-state index contributed by atoms with van der Waals surface area (Å²) in [6.07, 6.45) is 0. The molecule has 0 amide bonds. The molecule has 90 valence electrons. The molecule has 0 aliphatic carbocycles. The Hall–Kier alpha value is -1.52. The fraction of sp³-hybridized carbons (Fsp3) is 0.250. The van der Waals surface area contributed by atoms with Gasteiger partial charge in [-0.15, -0.1) is 0 Å². The highest BCUT2D eigenvalue weighted by Gasteiger charge is 2.11. The Labute approximate surface area is 103 Å². The van der Waals surface area contributed by atoms with Gasteiger partial charge in [0, 0.05) is 25.5 Å². The maximum absolute atomic E-state index is 11.2. The van der Waals surface area contributed by atoms with Gasteiger partial charge < -0.3 is 13.9 Å². The van der Waals surface area contributed by atoms with E-state index < -0.39 is 0 Å². The molecule has 0 saturated carbocycles. The number of rotatable bonds is 4. The molecular weight excluding hydrogens is 244 g/mol. The summed E-state index contributed by atoms with van der Waals surface area (Å²) < 4.78 is 15.4. The van der Waals surface area contributed by atoms with E-state index in [1.165, 1.54) is 14.0 Å². The van der Waals surface area contributed by atoms with Crippen molar-refractivity contribution in [2.45, 2.75) is 6.92 Å². The van der Waals surface area contributed by atoms with E-state index >= 15 is 0 Å². The van der Waals surface area contributed by atoms with Crippen LogP contribution in [-0.2, 0) is 4.74 Å². The van der Waals surface area contributed by atoms with E-state index in [0.29, 0.717) is 22.1 Å². The highest BCUT2D eigenvalue weighted by atomic mass is 35.5. The van der Waals surface area contributed by atoms with Gasteiger partial charge in [-0.05, 0) is 12.1 Å². The van der Waals surface area contributed by atoms with Crippen LogP contribution >= 0.6 is 11.6 Å². The van der Waals surface area contributed by atoms with Crippen LogP contribution in [0.25, 0.3) is 11.0 Å². The molecule has 1 aromatic carbocycles. The minimum Gasteiger partial charge on any atom is -0.466 e. The van der Waals surface area contributed by atoms with E-state index in [2.05, 4.69) is 0 Å². The van der Waals surface area contributed by atoms with Crippen LogP contribution in [0.1, 0.15) is 17.5 Å². The highest BCUT2D eigenvalue weighted by Crippen LogP contribution is 2.32. The lowest BCUT2D eigenvalue weighted by atomic mass is 10.2. The third-order valence-electron chi connectivity index (χ3n) is 2.25. The SMILES string of the molecule is COCOc1cc2oc(C(C)=O)cc2cc1Cl. The van der Waals surface area contributed by atoms with Crippen molar-refractivity contribution >= 4 is 28.4 Å². The van der Waals surface area contributed by atoms with Crippen LogP contribution in [0.4, 0.5) is 0 Å². The first-order chi connectivity index (χ1) is 8.11. The summed E-state index contributed by atoms with van der Waals surface area (Å²) in [6.45, 7) is 1.55. The zero-order valence-corrected chi connectivity index (χ0v) is 10.2. The number of hydrogen-bond acceptors (Lipinski definition) is 4. The zero-order valence-electron chi connectivity index (χ0n) is 9.45. The topological polar surface area (TPSA) is 48.7 Å². The molecule has 0 bridgehead atoms. The first-order valence-electron chi connectivity index (χ1n) is 4.97. The van der Waals surface area contributed by atoms with Gasteiger partial charge >= 0.3 is 0 Å². The number of ketones is 1. The Morgan fingerprint density at radius 2 is 2.18 bits per heavy atom. The Morgan fingerprint density at radius 3 is 2.82 bits per heavy atom. The number of hydrogen-bond donors (Lipinski definition) is 0. The second kappa shape index (κ2) is 4.77. The standard InChI is InChI=1S/C12H11ClO4/c1-7(14)10-4-8-3-9(13)12(16-6-15-2)5-11(8)17-10/h3-5H,6H2,1-2H3. The predicted octanol–water partition coefficient (Wildman–Crippen LogP) is 3.27.